The molecular formula is C24H42O2. The molecule has 2 heteroatoms. The second-order valence-corrected chi connectivity index (χ2v) is 11.2. The van der Waals surface area contributed by atoms with Crippen molar-refractivity contribution in [2.45, 2.75) is 104 Å². The number of aliphatic hydroxyl groups excluding tert-OH is 2. The summed E-state index contributed by atoms with van der Waals surface area (Å²) in [5, 5.41) is 21.5. The Bertz CT molecular complexity index is 518. The van der Waals surface area contributed by atoms with Crippen LogP contribution in [-0.2, 0) is 0 Å². The molecule has 0 bridgehead atoms. The number of rotatable bonds is 3. The van der Waals surface area contributed by atoms with E-state index in [1.54, 1.807) is 0 Å². The highest BCUT2D eigenvalue weighted by Gasteiger charge is 2.62. The van der Waals surface area contributed by atoms with Crippen molar-refractivity contribution in [2.24, 2.45) is 46.3 Å². The smallest absolute Gasteiger partial charge is 0.0577 e. The van der Waals surface area contributed by atoms with Gasteiger partial charge >= 0.3 is 0 Å². The van der Waals surface area contributed by atoms with Gasteiger partial charge in [-0.1, -0.05) is 40.5 Å². The lowest BCUT2D eigenvalue weighted by Crippen LogP contribution is -2.58. The van der Waals surface area contributed by atoms with Crippen LogP contribution >= 0.6 is 0 Å². The van der Waals surface area contributed by atoms with E-state index in [1.807, 2.05) is 0 Å². The molecule has 0 aromatic carbocycles. The Morgan fingerprint density at radius 3 is 2.35 bits per heavy atom. The molecule has 0 saturated heterocycles. The van der Waals surface area contributed by atoms with Crippen LogP contribution in [0.15, 0.2) is 0 Å². The Labute approximate surface area is 161 Å². The zero-order chi connectivity index (χ0) is 18.7. The fraction of sp³-hybridized carbons (Fsp3) is 1.00. The third-order valence-electron chi connectivity index (χ3n) is 10.2. The topological polar surface area (TPSA) is 40.5 Å². The zero-order valence-electron chi connectivity index (χ0n) is 17.6. The maximum Gasteiger partial charge on any atom is 0.0577 e. The van der Waals surface area contributed by atoms with Gasteiger partial charge in [0.25, 0.3) is 0 Å². The van der Waals surface area contributed by atoms with Gasteiger partial charge in [-0.05, 0) is 97.7 Å². The Hall–Kier alpha value is -0.0800. The SMILES string of the molecule is CCC[C@@H](C)[C@H]1CC[C@H]2C3[C@@H](O)CC4C[C@H](O)CCC4(C)[C@H]3CC[C@]12C. The molecule has 4 aliphatic carbocycles. The Kier molecular flexibility index (Phi) is 5.01. The largest absolute Gasteiger partial charge is 0.393 e. The Balaban J connectivity index is 1.61. The molecule has 4 fully saturated rings. The third-order valence-corrected chi connectivity index (χ3v) is 10.2. The summed E-state index contributed by atoms with van der Waals surface area (Å²) in [5.74, 6) is 4.15. The summed E-state index contributed by atoms with van der Waals surface area (Å²) in [6.45, 7) is 9.92. The number of fused-ring (bicyclic) bond motifs is 5. The van der Waals surface area contributed by atoms with Gasteiger partial charge in [-0.25, -0.2) is 0 Å². The summed E-state index contributed by atoms with van der Waals surface area (Å²) >= 11 is 0. The van der Waals surface area contributed by atoms with Crippen molar-refractivity contribution in [3.8, 4) is 0 Å². The third kappa shape index (κ3) is 2.72. The van der Waals surface area contributed by atoms with Gasteiger partial charge in [0.15, 0.2) is 0 Å². The molecule has 0 spiro atoms. The van der Waals surface area contributed by atoms with Crippen molar-refractivity contribution in [1.82, 2.24) is 0 Å². The van der Waals surface area contributed by atoms with Crippen LogP contribution in [0.2, 0.25) is 0 Å². The minimum absolute atomic E-state index is 0.128. The van der Waals surface area contributed by atoms with Gasteiger partial charge in [0.1, 0.15) is 0 Å². The van der Waals surface area contributed by atoms with Crippen molar-refractivity contribution < 1.29 is 10.2 Å². The molecule has 2 nitrogen and oxygen atoms in total. The molecule has 3 unspecified atom stereocenters. The lowest BCUT2D eigenvalue weighted by molar-refractivity contribution is -0.174. The zero-order valence-corrected chi connectivity index (χ0v) is 17.6. The van der Waals surface area contributed by atoms with Crippen molar-refractivity contribution in [3.05, 3.63) is 0 Å². The summed E-state index contributed by atoms with van der Waals surface area (Å²) < 4.78 is 0. The second-order valence-electron chi connectivity index (χ2n) is 11.2. The molecule has 2 N–H and O–H groups in total. The molecule has 0 heterocycles. The number of hydrogen-bond acceptors (Lipinski definition) is 2. The van der Waals surface area contributed by atoms with E-state index in [-0.39, 0.29) is 12.2 Å². The van der Waals surface area contributed by atoms with Gasteiger partial charge < -0.3 is 10.2 Å². The molecule has 26 heavy (non-hydrogen) atoms. The first kappa shape index (κ1) is 19.2. The van der Waals surface area contributed by atoms with Crippen molar-refractivity contribution in [2.75, 3.05) is 0 Å². The summed E-state index contributed by atoms with van der Waals surface area (Å²) in [6.07, 6.45) is 11.8. The summed E-state index contributed by atoms with van der Waals surface area (Å²) in [5.41, 5.74) is 0.811. The van der Waals surface area contributed by atoms with Crippen molar-refractivity contribution >= 4 is 0 Å². The van der Waals surface area contributed by atoms with Crippen LogP contribution in [0.3, 0.4) is 0 Å². The van der Waals surface area contributed by atoms with Gasteiger partial charge in [0, 0.05) is 0 Å². The number of aliphatic hydroxyl groups is 2. The van der Waals surface area contributed by atoms with E-state index < -0.39 is 0 Å². The lowest BCUT2D eigenvalue weighted by Gasteiger charge is -2.62. The van der Waals surface area contributed by atoms with E-state index in [1.165, 1.54) is 44.9 Å². The molecule has 4 rings (SSSR count). The van der Waals surface area contributed by atoms with Crippen LogP contribution < -0.4 is 0 Å². The maximum absolute atomic E-state index is 11.3. The van der Waals surface area contributed by atoms with Crippen LogP contribution in [0.1, 0.15) is 91.9 Å². The molecule has 0 aliphatic heterocycles. The molecule has 10 atom stereocenters. The fourth-order valence-electron chi connectivity index (χ4n) is 8.83. The standard InChI is InChI=1S/C24H42O2/c1-5-6-15(2)18-7-8-19-22-20(10-12-24(18,19)4)23(3)11-9-17(25)13-16(23)14-21(22)26/h15-22,25-26H,5-14H2,1-4H3/t15-,16?,17-,18-,19+,20+,21+,22?,23?,24-/m1/s1. The van der Waals surface area contributed by atoms with Crippen molar-refractivity contribution in [3.63, 3.8) is 0 Å². The van der Waals surface area contributed by atoms with Crippen LogP contribution in [0.5, 0.6) is 0 Å². The lowest BCUT2D eigenvalue weighted by atomic mass is 9.43. The van der Waals surface area contributed by atoms with Gasteiger partial charge in [-0.2, -0.15) is 0 Å². The highest BCUT2D eigenvalue weighted by Crippen LogP contribution is 2.68. The first-order valence-corrected chi connectivity index (χ1v) is 11.7. The van der Waals surface area contributed by atoms with Gasteiger partial charge in [-0.3, -0.25) is 0 Å². The fourth-order valence-corrected chi connectivity index (χ4v) is 8.83. The van der Waals surface area contributed by atoms with E-state index in [0.717, 1.165) is 37.0 Å². The molecule has 4 aliphatic rings. The Morgan fingerprint density at radius 2 is 1.62 bits per heavy atom. The van der Waals surface area contributed by atoms with E-state index >= 15 is 0 Å². The molecule has 0 aromatic rings. The number of hydrogen-bond donors (Lipinski definition) is 2. The minimum Gasteiger partial charge on any atom is -0.393 e. The highest BCUT2D eigenvalue weighted by atomic mass is 16.3. The molecule has 150 valence electrons. The summed E-state index contributed by atoms with van der Waals surface area (Å²) in [6, 6.07) is 0. The maximum atomic E-state index is 11.3. The molecule has 4 saturated carbocycles. The monoisotopic (exact) mass is 362 g/mol. The normalized spacial score (nSPS) is 54.9. The van der Waals surface area contributed by atoms with Gasteiger partial charge in [0.05, 0.1) is 12.2 Å². The summed E-state index contributed by atoms with van der Waals surface area (Å²) in [7, 11) is 0. The van der Waals surface area contributed by atoms with Crippen LogP contribution in [0.4, 0.5) is 0 Å². The first-order chi connectivity index (χ1) is 12.3. The van der Waals surface area contributed by atoms with Crippen LogP contribution in [0.25, 0.3) is 0 Å². The summed E-state index contributed by atoms with van der Waals surface area (Å²) in [4.78, 5) is 0. The second kappa shape index (κ2) is 6.76. The molecule has 0 radical (unpaired) electrons. The average molecular weight is 363 g/mol. The van der Waals surface area contributed by atoms with Crippen LogP contribution in [-0.4, -0.2) is 22.4 Å². The molecule has 0 aromatic heterocycles. The van der Waals surface area contributed by atoms with E-state index in [2.05, 4.69) is 27.7 Å². The van der Waals surface area contributed by atoms with Crippen LogP contribution in [0, 0.1) is 46.3 Å². The quantitative estimate of drug-likeness (QED) is 0.704. The minimum atomic E-state index is -0.131. The van der Waals surface area contributed by atoms with Gasteiger partial charge in [-0.15, -0.1) is 0 Å². The Morgan fingerprint density at radius 1 is 0.923 bits per heavy atom. The molecule has 0 amide bonds. The predicted molar refractivity (Wildman–Crippen MR) is 107 cm³/mol. The highest BCUT2D eigenvalue weighted by molar-refractivity contribution is 5.11. The average Bonchev–Trinajstić information content (AvgIpc) is 2.94. The predicted octanol–water partition coefficient (Wildman–Crippen LogP) is 5.41. The van der Waals surface area contributed by atoms with E-state index in [4.69, 9.17) is 0 Å². The van der Waals surface area contributed by atoms with E-state index in [9.17, 15) is 10.2 Å². The molecular weight excluding hydrogens is 320 g/mol. The van der Waals surface area contributed by atoms with Gasteiger partial charge in [0.2, 0.25) is 0 Å². The van der Waals surface area contributed by atoms with Crippen molar-refractivity contribution in [1.29, 1.82) is 0 Å². The van der Waals surface area contributed by atoms with E-state index in [0.29, 0.717) is 28.6 Å². The first-order valence-electron chi connectivity index (χ1n) is 11.7.